The minimum atomic E-state index is -0.820. The molecular formula is C18H20N2O3. The molecule has 0 spiro atoms. The summed E-state index contributed by atoms with van der Waals surface area (Å²) >= 11 is 0. The minimum absolute atomic E-state index is 0.0966. The zero-order valence-electron chi connectivity index (χ0n) is 13.1. The van der Waals surface area contributed by atoms with Gasteiger partial charge in [-0.25, -0.2) is 0 Å². The molecule has 0 saturated carbocycles. The first kappa shape index (κ1) is 15.3. The van der Waals surface area contributed by atoms with Gasteiger partial charge in [0.15, 0.2) is 0 Å². The highest BCUT2D eigenvalue weighted by atomic mass is 16.4. The molecule has 1 amide bonds. The van der Waals surface area contributed by atoms with Crippen molar-refractivity contribution < 1.29 is 14.7 Å². The predicted octanol–water partition coefficient (Wildman–Crippen LogP) is 2.63. The van der Waals surface area contributed by atoms with Crippen LogP contribution in [0.5, 0.6) is 0 Å². The second kappa shape index (κ2) is 6.28. The standard InChI is InChI=1S/C18H20N2O3/c1-19-15(13-6-3-2-4-7-13)9-10-16(19)17(21)20-11-5-8-14(12-20)18(22)23/h2-4,6-7,9-10,14H,5,8,11-12H2,1H3,(H,22,23)/t14-/m0/s1. The molecule has 0 radical (unpaired) electrons. The van der Waals surface area contributed by atoms with Gasteiger partial charge in [0, 0.05) is 25.8 Å². The maximum atomic E-state index is 12.7. The molecule has 0 bridgehead atoms. The zero-order valence-corrected chi connectivity index (χ0v) is 13.1. The van der Waals surface area contributed by atoms with Crippen LogP contribution in [-0.4, -0.2) is 39.5 Å². The van der Waals surface area contributed by atoms with Crippen LogP contribution in [0.1, 0.15) is 23.3 Å². The normalized spacial score (nSPS) is 18.0. The van der Waals surface area contributed by atoms with Gasteiger partial charge in [0.2, 0.25) is 0 Å². The Balaban J connectivity index is 1.83. The summed E-state index contributed by atoms with van der Waals surface area (Å²) in [6.45, 7) is 0.911. The molecule has 1 aliphatic heterocycles. The second-order valence-corrected chi connectivity index (χ2v) is 5.96. The number of benzene rings is 1. The number of nitrogens with zero attached hydrogens (tertiary/aromatic N) is 2. The third-order valence-electron chi connectivity index (χ3n) is 4.47. The van der Waals surface area contributed by atoms with E-state index < -0.39 is 11.9 Å². The molecule has 120 valence electrons. The van der Waals surface area contributed by atoms with Crippen LogP contribution in [0.4, 0.5) is 0 Å². The Kier molecular flexibility index (Phi) is 4.19. The van der Waals surface area contributed by atoms with Crippen LogP contribution in [0.15, 0.2) is 42.5 Å². The van der Waals surface area contributed by atoms with Crippen molar-refractivity contribution in [3.05, 3.63) is 48.2 Å². The Morgan fingerprint density at radius 2 is 1.87 bits per heavy atom. The number of amides is 1. The van der Waals surface area contributed by atoms with Crippen LogP contribution in [0, 0.1) is 5.92 Å². The molecule has 1 N–H and O–H groups in total. The molecule has 5 heteroatoms. The van der Waals surface area contributed by atoms with Crippen molar-refractivity contribution in [2.24, 2.45) is 13.0 Å². The first-order chi connectivity index (χ1) is 11.1. The molecule has 1 saturated heterocycles. The highest BCUT2D eigenvalue weighted by molar-refractivity contribution is 5.94. The fraction of sp³-hybridized carbons (Fsp3) is 0.333. The number of carboxylic acids is 1. The summed E-state index contributed by atoms with van der Waals surface area (Å²) < 4.78 is 1.88. The van der Waals surface area contributed by atoms with Gasteiger partial charge in [0.1, 0.15) is 5.69 Å². The van der Waals surface area contributed by atoms with Crippen molar-refractivity contribution in [1.29, 1.82) is 0 Å². The molecule has 0 aliphatic carbocycles. The van der Waals surface area contributed by atoms with Crippen molar-refractivity contribution in [3.8, 4) is 11.3 Å². The van der Waals surface area contributed by atoms with Crippen LogP contribution in [0.2, 0.25) is 0 Å². The van der Waals surface area contributed by atoms with E-state index in [2.05, 4.69) is 0 Å². The molecule has 1 aromatic carbocycles. The lowest BCUT2D eigenvalue weighted by atomic mass is 9.98. The van der Waals surface area contributed by atoms with Gasteiger partial charge in [0.05, 0.1) is 5.92 Å². The fourth-order valence-corrected chi connectivity index (χ4v) is 3.15. The van der Waals surface area contributed by atoms with Crippen molar-refractivity contribution in [3.63, 3.8) is 0 Å². The average Bonchev–Trinajstić information content (AvgIpc) is 2.96. The van der Waals surface area contributed by atoms with Crippen molar-refractivity contribution >= 4 is 11.9 Å². The summed E-state index contributed by atoms with van der Waals surface area (Å²) in [5, 5.41) is 9.17. The third kappa shape index (κ3) is 2.99. The van der Waals surface area contributed by atoms with E-state index in [-0.39, 0.29) is 5.91 Å². The Morgan fingerprint density at radius 1 is 1.13 bits per heavy atom. The van der Waals surface area contributed by atoms with E-state index in [1.54, 1.807) is 4.90 Å². The molecule has 3 rings (SSSR count). The largest absolute Gasteiger partial charge is 0.481 e. The number of carboxylic acid groups (broad SMARTS) is 1. The quantitative estimate of drug-likeness (QED) is 0.947. The Hall–Kier alpha value is -2.56. The summed E-state index contributed by atoms with van der Waals surface area (Å²) in [6.07, 6.45) is 1.38. The summed E-state index contributed by atoms with van der Waals surface area (Å²) in [7, 11) is 1.87. The first-order valence-corrected chi connectivity index (χ1v) is 7.81. The van der Waals surface area contributed by atoms with Gasteiger partial charge in [0.25, 0.3) is 5.91 Å². The number of hydrogen-bond acceptors (Lipinski definition) is 2. The number of aromatic nitrogens is 1. The van der Waals surface area contributed by atoms with Crippen LogP contribution in [0.25, 0.3) is 11.3 Å². The maximum absolute atomic E-state index is 12.7. The molecule has 23 heavy (non-hydrogen) atoms. The molecule has 1 aromatic heterocycles. The minimum Gasteiger partial charge on any atom is -0.481 e. The Bertz CT molecular complexity index is 721. The van der Waals surface area contributed by atoms with Gasteiger partial charge in [-0.2, -0.15) is 0 Å². The van der Waals surface area contributed by atoms with Crippen LogP contribution >= 0.6 is 0 Å². The van der Waals surface area contributed by atoms with Crippen LogP contribution < -0.4 is 0 Å². The Morgan fingerprint density at radius 3 is 2.57 bits per heavy atom. The lowest BCUT2D eigenvalue weighted by Crippen LogP contribution is -2.42. The van der Waals surface area contributed by atoms with E-state index in [0.29, 0.717) is 25.2 Å². The number of piperidine rings is 1. The summed E-state index contributed by atoms with van der Waals surface area (Å²) in [5.74, 6) is -1.37. The van der Waals surface area contributed by atoms with E-state index in [0.717, 1.165) is 17.7 Å². The fourth-order valence-electron chi connectivity index (χ4n) is 3.15. The van der Waals surface area contributed by atoms with Gasteiger partial charge < -0.3 is 14.6 Å². The van der Waals surface area contributed by atoms with Gasteiger partial charge in [-0.05, 0) is 30.5 Å². The van der Waals surface area contributed by atoms with E-state index >= 15 is 0 Å². The lowest BCUT2D eigenvalue weighted by Gasteiger charge is -2.30. The lowest BCUT2D eigenvalue weighted by molar-refractivity contribution is -0.143. The van der Waals surface area contributed by atoms with Gasteiger partial charge in [-0.15, -0.1) is 0 Å². The van der Waals surface area contributed by atoms with Crippen molar-refractivity contribution in [2.45, 2.75) is 12.8 Å². The predicted molar refractivity (Wildman–Crippen MR) is 87.1 cm³/mol. The molecule has 2 aromatic rings. The first-order valence-electron chi connectivity index (χ1n) is 7.81. The highest BCUT2D eigenvalue weighted by Crippen LogP contribution is 2.24. The number of hydrogen-bond donors (Lipinski definition) is 1. The van der Waals surface area contributed by atoms with E-state index in [1.165, 1.54) is 0 Å². The highest BCUT2D eigenvalue weighted by Gasteiger charge is 2.29. The molecule has 2 heterocycles. The molecule has 1 fully saturated rings. The number of aliphatic carboxylic acids is 1. The van der Waals surface area contributed by atoms with E-state index in [1.807, 2.05) is 54.1 Å². The van der Waals surface area contributed by atoms with Gasteiger partial charge in [-0.1, -0.05) is 30.3 Å². The maximum Gasteiger partial charge on any atom is 0.308 e. The van der Waals surface area contributed by atoms with E-state index in [9.17, 15) is 14.7 Å². The topological polar surface area (TPSA) is 62.5 Å². The van der Waals surface area contributed by atoms with Crippen LogP contribution in [0.3, 0.4) is 0 Å². The third-order valence-corrected chi connectivity index (χ3v) is 4.47. The number of carbonyl (C=O) groups excluding carboxylic acids is 1. The van der Waals surface area contributed by atoms with Crippen molar-refractivity contribution in [2.75, 3.05) is 13.1 Å². The summed E-state index contributed by atoms with van der Waals surface area (Å²) in [5.41, 5.74) is 2.62. The SMILES string of the molecule is Cn1c(C(=O)N2CCC[C@H](C(=O)O)C2)ccc1-c1ccccc1. The van der Waals surface area contributed by atoms with Crippen molar-refractivity contribution in [1.82, 2.24) is 9.47 Å². The second-order valence-electron chi connectivity index (χ2n) is 5.96. The molecule has 0 unspecified atom stereocenters. The number of rotatable bonds is 3. The Labute approximate surface area is 135 Å². The van der Waals surface area contributed by atoms with Gasteiger partial charge in [-0.3, -0.25) is 9.59 Å². The average molecular weight is 312 g/mol. The molecule has 1 aliphatic rings. The molecule has 1 atom stereocenters. The number of carbonyl (C=O) groups is 2. The van der Waals surface area contributed by atoms with Crippen LogP contribution in [-0.2, 0) is 11.8 Å². The number of likely N-dealkylation sites (tertiary alicyclic amines) is 1. The smallest absolute Gasteiger partial charge is 0.308 e. The summed E-state index contributed by atoms with van der Waals surface area (Å²) in [6, 6.07) is 13.6. The summed E-state index contributed by atoms with van der Waals surface area (Å²) in [4.78, 5) is 25.6. The monoisotopic (exact) mass is 312 g/mol. The van der Waals surface area contributed by atoms with Gasteiger partial charge >= 0.3 is 5.97 Å². The molecule has 5 nitrogen and oxygen atoms in total. The van der Waals surface area contributed by atoms with E-state index in [4.69, 9.17) is 0 Å². The zero-order chi connectivity index (χ0) is 16.4. The molecular weight excluding hydrogens is 292 g/mol.